The number of hydrogen-bond acceptors (Lipinski definition) is 5. The molecule has 1 aromatic heterocycles. The average Bonchev–Trinajstić information content (AvgIpc) is 2.93. The summed E-state index contributed by atoms with van der Waals surface area (Å²) in [5, 5.41) is 8.76. The van der Waals surface area contributed by atoms with Crippen LogP contribution in [0.25, 0.3) is 0 Å². The van der Waals surface area contributed by atoms with Crippen molar-refractivity contribution >= 4 is 27.3 Å². The molecular formula is C15H24N2O4S2. The summed E-state index contributed by atoms with van der Waals surface area (Å²) in [6.07, 6.45) is 2.24. The molecule has 1 aliphatic rings. The summed E-state index contributed by atoms with van der Waals surface area (Å²) in [5.74, 6) is -0.310. The van der Waals surface area contributed by atoms with Gasteiger partial charge in [-0.15, -0.1) is 11.3 Å². The average molecular weight is 361 g/mol. The monoisotopic (exact) mass is 360 g/mol. The van der Waals surface area contributed by atoms with Crippen molar-refractivity contribution < 1.29 is 18.3 Å². The quantitative estimate of drug-likeness (QED) is 0.774. The van der Waals surface area contributed by atoms with Gasteiger partial charge < -0.3 is 5.11 Å². The number of likely N-dealkylation sites (tertiary alicyclic amines) is 1. The molecule has 130 valence electrons. The molecule has 2 heterocycles. The molecule has 2 unspecified atom stereocenters. The summed E-state index contributed by atoms with van der Waals surface area (Å²) in [6, 6.07) is 3.17. The van der Waals surface area contributed by atoms with Crippen molar-refractivity contribution in [1.82, 2.24) is 9.62 Å². The van der Waals surface area contributed by atoms with Gasteiger partial charge in [0.2, 0.25) is 10.0 Å². The van der Waals surface area contributed by atoms with E-state index in [1.165, 1.54) is 12.5 Å². The lowest BCUT2D eigenvalue weighted by Gasteiger charge is -2.35. The summed E-state index contributed by atoms with van der Waals surface area (Å²) >= 11 is 1.01. The molecule has 8 heteroatoms. The van der Waals surface area contributed by atoms with Crippen molar-refractivity contribution in [2.45, 2.75) is 43.4 Å². The van der Waals surface area contributed by atoms with E-state index in [1.807, 2.05) is 6.92 Å². The van der Waals surface area contributed by atoms with E-state index in [9.17, 15) is 13.2 Å². The van der Waals surface area contributed by atoms with Gasteiger partial charge in [0.1, 0.15) is 4.21 Å². The first-order valence-corrected chi connectivity index (χ1v) is 10.1. The van der Waals surface area contributed by atoms with E-state index in [2.05, 4.69) is 16.5 Å². The van der Waals surface area contributed by atoms with E-state index >= 15 is 0 Å². The summed E-state index contributed by atoms with van der Waals surface area (Å²) in [7, 11) is -3.57. The molecule has 1 fully saturated rings. The maximum Gasteiger partial charge on any atom is 0.308 e. The molecule has 23 heavy (non-hydrogen) atoms. The third-order valence-corrected chi connectivity index (χ3v) is 7.11. The summed E-state index contributed by atoms with van der Waals surface area (Å²) < 4.78 is 27.5. The Kier molecular flexibility index (Phi) is 6.19. The van der Waals surface area contributed by atoms with Crippen LogP contribution < -0.4 is 4.72 Å². The molecule has 2 N–H and O–H groups in total. The number of carboxylic acid groups (broad SMARTS) is 1. The maximum absolute atomic E-state index is 12.3. The molecular weight excluding hydrogens is 336 g/mol. The van der Waals surface area contributed by atoms with Crippen LogP contribution in [0.5, 0.6) is 0 Å². The van der Waals surface area contributed by atoms with E-state index in [0.717, 1.165) is 30.8 Å². The lowest BCUT2D eigenvalue weighted by atomic mass is 9.99. The second kappa shape index (κ2) is 7.74. The highest BCUT2D eigenvalue weighted by molar-refractivity contribution is 7.91. The molecule has 1 aromatic rings. The van der Waals surface area contributed by atoms with E-state index in [1.54, 1.807) is 6.07 Å². The number of piperidine rings is 1. The van der Waals surface area contributed by atoms with Gasteiger partial charge in [-0.05, 0) is 44.4 Å². The first-order chi connectivity index (χ1) is 10.8. The van der Waals surface area contributed by atoms with Gasteiger partial charge in [-0.1, -0.05) is 6.92 Å². The van der Waals surface area contributed by atoms with Crippen molar-refractivity contribution in [3.8, 4) is 0 Å². The molecule has 6 nitrogen and oxygen atoms in total. The third-order valence-electron chi connectivity index (χ3n) is 4.11. The van der Waals surface area contributed by atoms with Crippen molar-refractivity contribution in [2.24, 2.45) is 5.92 Å². The van der Waals surface area contributed by atoms with Crippen LogP contribution in [-0.4, -0.2) is 50.1 Å². The third kappa shape index (κ3) is 5.27. The first-order valence-electron chi connectivity index (χ1n) is 7.82. The molecule has 0 spiro atoms. The Labute approximate surface area is 141 Å². The zero-order valence-electron chi connectivity index (χ0n) is 13.5. The molecule has 1 saturated heterocycles. The predicted molar refractivity (Wildman–Crippen MR) is 90.3 cm³/mol. The highest BCUT2D eigenvalue weighted by Crippen LogP contribution is 2.22. The Hall–Kier alpha value is -0.960. The minimum Gasteiger partial charge on any atom is -0.481 e. The van der Waals surface area contributed by atoms with Gasteiger partial charge in [-0.2, -0.15) is 0 Å². The van der Waals surface area contributed by atoms with Crippen LogP contribution >= 0.6 is 11.3 Å². The number of rotatable bonds is 7. The van der Waals surface area contributed by atoms with Gasteiger partial charge in [-0.3, -0.25) is 9.69 Å². The van der Waals surface area contributed by atoms with Gasteiger partial charge in [0.05, 0.1) is 6.42 Å². The van der Waals surface area contributed by atoms with Crippen LogP contribution in [0.15, 0.2) is 16.3 Å². The molecule has 0 aromatic carbocycles. The van der Waals surface area contributed by atoms with Crippen LogP contribution in [0.1, 0.15) is 31.6 Å². The zero-order chi connectivity index (χ0) is 17.0. The minimum atomic E-state index is -3.57. The number of nitrogens with zero attached hydrogens (tertiary/aromatic N) is 1. The number of sulfonamides is 1. The van der Waals surface area contributed by atoms with Gasteiger partial charge >= 0.3 is 5.97 Å². The standard InChI is InChI=1S/C15H24N2O4S2/c1-11-4-3-7-17(10-11)12(2)9-16-23(20,21)15-6-5-13(22-15)8-14(18)19/h5-6,11-12,16H,3-4,7-10H2,1-2H3,(H,18,19). The van der Waals surface area contributed by atoms with Crippen LogP contribution in [0.3, 0.4) is 0 Å². The number of aliphatic carboxylic acids is 1. The predicted octanol–water partition coefficient (Wildman–Crippen LogP) is 1.77. The highest BCUT2D eigenvalue weighted by Gasteiger charge is 2.23. The molecule has 2 rings (SSSR count). The van der Waals surface area contributed by atoms with Crippen molar-refractivity contribution in [3.63, 3.8) is 0 Å². The Morgan fingerprint density at radius 1 is 1.52 bits per heavy atom. The van der Waals surface area contributed by atoms with E-state index in [0.29, 0.717) is 17.3 Å². The van der Waals surface area contributed by atoms with Gasteiger partial charge in [0, 0.05) is 24.0 Å². The summed E-state index contributed by atoms with van der Waals surface area (Å²) in [6.45, 7) is 6.63. The maximum atomic E-state index is 12.3. The Morgan fingerprint density at radius 2 is 2.26 bits per heavy atom. The van der Waals surface area contributed by atoms with Crippen molar-refractivity contribution in [3.05, 3.63) is 17.0 Å². The molecule has 0 radical (unpaired) electrons. The molecule has 1 aliphatic heterocycles. The number of hydrogen-bond donors (Lipinski definition) is 2. The van der Waals surface area contributed by atoms with E-state index in [4.69, 9.17) is 5.11 Å². The van der Waals surface area contributed by atoms with Gasteiger partial charge in [-0.25, -0.2) is 13.1 Å². The Morgan fingerprint density at radius 3 is 2.91 bits per heavy atom. The van der Waals surface area contributed by atoms with Crippen molar-refractivity contribution in [1.29, 1.82) is 0 Å². The second-order valence-electron chi connectivity index (χ2n) is 6.23. The number of carboxylic acids is 1. The first kappa shape index (κ1) is 18.4. The minimum absolute atomic E-state index is 0.144. The molecule has 0 amide bonds. The van der Waals surface area contributed by atoms with Crippen LogP contribution in [-0.2, 0) is 21.2 Å². The van der Waals surface area contributed by atoms with Crippen LogP contribution in [0, 0.1) is 5.92 Å². The SMILES string of the molecule is CC1CCCN(C(C)CNS(=O)(=O)c2ccc(CC(=O)O)s2)C1. The van der Waals surface area contributed by atoms with E-state index < -0.39 is 16.0 Å². The number of thiophene rings is 1. The smallest absolute Gasteiger partial charge is 0.308 e. The zero-order valence-corrected chi connectivity index (χ0v) is 15.1. The molecule has 0 aliphatic carbocycles. The Balaban J connectivity index is 1.93. The van der Waals surface area contributed by atoms with Gasteiger partial charge in [0.15, 0.2) is 0 Å². The fourth-order valence-corrected chi connectivity index (χ4v) is 5.32. The summed E-state index contributed by atoms with van der Waals surface area (Å²) in [4.78, 5) is 13.5. The topological polar surface area (TPSA) is 86.7 Å². The Bertz CT molecular complexity index is 642. The molecule has 0 saturated carbocycles. The highest BCUT2D eigenvalue weighted by atomic mass is 32.2. The van der Waals surface area contributed by atoms with Crippen LogP contribution in [0.2, 0.25) is 0 Å². The molecule has 0 bridgehead atoms. The fraction of sp³-hybridized carbons (Fsp3) is 0.667. The number of carbonyl (C=O) groups is 1. The fourth-order valence-electron chi connectivity index (χ4n) is 2.80. The molecule has 2 atom stereocenters. The lowest BCUT2D eigenvalue weighted by Crippen LogP contribution is -2.46. The number of nitrogens with one attached hydrogen (secondary N) is 1. The van der Waals surface area contributed by atoms with Gasteiger partial charge in [0.25, 0.3) is 0 Å². The van der Waals surface area contributed by atoms with Crippen LogP contribution in [0.4, 0.5) is 0 Å². The second-order valence-corrected chi connectivity index (χ2v) is 9.40. The largest absolute Gasteiger partial charge is 0.481 e. The summed E-state index contributed by atoms with van der Waals surface area (Å²) in [5.41, 5.74) is 0. The van der Waals surface area contributed by atoms with E-state index in [-0.39, 0.29) is 16.7 Å². The normalized spacial score (nSPS) is 21.2. The van der Waals surface area contributed by atoms with Crippen molar-refractivity contribution in [2.75, 3.05) is 19.6 Å². The lowest BCUT2D eigenvalue weighted by molar-refractivity contribution is -0.136.